The Hall–Kier alpha value is -1.69. The number of carbonyl (C=O) groups is 1. The lowest BCUT2D eigenvalue weighted by Gasteiger charge is -1.98. The number of benzene rings is 1. The van der Waals surface area contributed by atoms with E-state index in [1.807, 2.05) is 0 Å². The molecule has 17 heavy (non-hydrogen) atoms. The molecule has 0 radical (unpaired) electrons. The summed E-state index contributed by atoms with van der Waals surface area (Å²) in [4.78, 5) is 21.5. The molecule has 5 nitrogen and oxygen atoms in total. The maximum atomic E-state index is 11.2. The van der Waals surface area contributed by atoms with E-state index in [9.17, 15) is 14.9 Å². The van der Waals surface area contributed by atoms with Crippen molar-refractivity contribution in [1.82, 2.24) is 0 Å². The largest absolute Gasteiger partial charge is 0.462 e. The SMILES string of the molecule is O=C1OCC/C1=C/c1ccc(Br)c([N+](=O)[O-])c1. The van der Waals surface area contributed by atoms with Crippen LogP contribution in [0.5, 0.6) is 0 Å². The van der Waals surface area contributed by atoms with Gasteiger partial charge < -0.3 is 4.74 Å². The number of cyclic esters (lactones) is 1. The molecule has 0 saturated carbocycles. The highest BCUT2D eigenvalue weighted by atomic mass is 79.9. The highest BCUT2D eigenvalue weighted by Gasteiger charge is 2.19. The summed E-state index contributed by atoms with van der Waals surface area (Å²) in [6, 6.07) is 4.71. The molecule has 0 amide bonds. The first kappa shape index (κ1) is 11.8. The zero-order chi connectivity index (χ0) is 12.4. The van der Waals surface area contributed by atoms with Crippen molar-refractivity contribution in [3.05, 3.63) is 43.9 Å². The number of ether oxygens (including phenoxy) is 1. The van der Waals surface area contributed by atoms with Crippen LogP contribution in [-0.4, -0.2) is 17.5 Å². The number of carbonyl (C=O) groups excluding carboxylic acids is 1. The van der Waals surface area contributed by atoms with Crippen molar-refractivity contribution in [2.75, 3.05) is 6.61 Å². The highest BCUT2D eigenvalue weighted by Crippen LogP contribution is 2.27. The summed E-state index contributed by atoms with van der Waals surface area (Å²) >= 11 is 3.10. The molecule has 1 fully saturated rings. The standard InChI is InChI=1S/C11H8BrNO4/c12-9-2-1-7(6-10(9)13(15)16)5-8-3-4-17-11(8)14/h1-2,5-6H,3-4H2/b8-5-. The third kappa shape index (κ3) is 2.52. The Morgan fingerprint density at radius 2 is 2.24 bits per heavy atom. The molecule has 1 heterocycles. The number of hydrogen-bond donors (Lipinski definition) is 0. The van der Waals surface area contributed by atoms with Gasteiger partial charge in [0.05, 0.1) is 16.0 Å². The fraction of sp³-hybridized carbons (Fsp3) is 0.182. The molecule has 6 heteroatoms. The average Bonchev–Trinajstić information content (AvgIpc) is 2.67. The lowest BCUT2D eigenvalue weighted by molar-refractivity contribution is -0.385. The second-order valence-corrected chi connectivity index (χ2v) is 4.38. The van der Waals surface area contributed by atoms with E-state index in [0.29, 0.717) is 28.6 Å². The average molecular weight is 298 g/mol. The van der Waals surface area contributed by atoms with Gasteiger partial charge in [-0.2, -0.15) is 0 Å². The quantitative estimate of drug-likeness (QED) is 0.364. The Morgan fingerprint density at radius 1 is 1.47 bits per heavy atom. The van der Waals surface area contributed by atoms with Gasteiger partial charge in [-0.25, -0.2) is 4.79 Å². The second-order valence-electron chi connectivity index (χ2n) is 3.52. The summed E-state index contributed by atoms with van der Waals surface area (Å²) in [6.45, 7) is 0.378. The van der Waals surface area contributed by atoms with Gasteiger partial charge in [0.25, 0.3) is 5.69 Å². The van der Waals surface area contributed by atoms with Crippen LogP contribution in [0, 0.1) is 10.1 Å². The predicted molar refractivity (Wildman–Crippen MR) is 64.3 cm³/mol. The molecule has 0 aromatic heterocycles. The molecule has 1 saturated heterocycles. The fourth-order valence-corrected chi connectivity index (χ4v) is 1.93. The molecule has 0 bridgehead atoms. The number of nitro benzene ring substituents is 1. The number of nitro groups is 1. The van der Waals surface area contributed by atoms with E-state index >= 15 is 0 Å². The number of halogens is 1. The maximum absolute atomic E-state index is 11.2. The van der Waals surface area contributed by atoms with Crippen molar-refractivity contribution in [2.24, 2.45) is 0 Å². The van der Waals surface area contributed by atoms with Crippen molar-refractivity contribution >= 4 is 33.7 Å². The van der Waals surface area contributed by atoms with Crippen molar-refractivity contribution in [1.29, 1.82) is 0 Å². The van der Waals surface area contributed by atoms with Crippen LogP contribution in [0.1, 0.15) is 12.0 Å². The van der Waals surface area contributed by atoms with Gasteiger partial charge >= 0.3 is 5.97 Å². The smallest absolute Gasteiger partial charge is 0.334 e. The number of hydrogen-bond acceptors (Lipinski definition) is 4. The van der Waals surface area contributed by atoms with Gasteiger partial charge in [0.1, 0.15) is 0 Å². The second kappa shape index (κ2) is 4.67. The summed E-state index contributed by atoms with van der Waals surface area (Å²) in [7, 11) is 0. The molecule has 1 aromatic carbocycles. The molecule has 0 aliphatic carbocycles. The molecule has 0 spiro atoms. The van der Waals surface area contributed by atoms with E-state index in [0.717, 1.165) is 0 Å². The third-order valence-electron chi connectivity index (χ3n) is 2.37. The third-order valence-corrected chi connectivity index (χ3v) is 3.05. The van der Waals surface area contributed by atoms with Crippen LogP contribution in [0.2, 0.25) is 0 Å². The summed E-state index contributed by atoms with van der Waals surface area (Å²) in [5, 5.41) is 10.7. The summed E-state index contributed by atoms with van der Waals surface area (Å²) in [5.41, 5.74) is 1.14. The van der Waals surface area contributed by atoms with Crippen molar-refractivity contribution in [3.8, 4) is 0 Å². The minimum atomic E-state index is -0.473. The Morgan fingerprint density at radius 3 is 2.82 bits per heavy atom. The maximum Gasteiger partial charge on any atom is 0.334 e. The normalized spacial score (nSPS) is 17.2. The van der Waals surface area contributed by atoms with E-state index < -0.39 is 4.92 Å². The molecular formula is C11H8BrNO4. The Kier molecular flexibility index (Phi) is 3.23. The number of rotatable bonds is 2. The first-order valence-electron chi connectivity index (χ1n) is 4.89. The lowest BCUT2D eigenvalue weighted by atomic mass is 10.1. The van der Waals surface area contributed by atoms with Gasteiger partial charge in [-0.1, -0.05) is 6.07 Å². The molecule has 88 valence electrons. The highest BCUT2D eigenvalue weighted by molar-refractivity contribution is 9.10. The summed E-state index contributed by atoms with van der Waals surface area (Å²) < 4.78 is 5.20. The monoisotopic (exact) mass is 297 g/mol. The molecular weight excluding hydrogens is 290 g/mol. The first-order valence-corrected chi connectivity index (χ1v) is 5.69. The molecule has 1 aliphatic heterocycles. The van der Waals surface area contributed by atoms with Crippen LogP contribution in [0.3, 0.4) is 0 Å². The van der Waals surface area contributed by atoms with E-state index in [4.69, 9.17) is 4.74 Å². The zero-order valence-electron chi connectivity index (χ0n) is 8.68. The van der Waals surface area contributed by atoms with Gasteiger partial charge in [-0.3, -0.25) is 10.1 Å². The van der Waals surface area contributed by atoms with Gasteiger partial charge in [-0.15, -0.1) is 0 Å². The van der Waals surface area contributed by atoms with Crippen LogP contribution in [0.4, 0.5) is 5.69 Å². The van der Waals surface area contributed by atoms with Gasteiger partial charge in [0.15, 0.2) is 0 Å². The van der Waals surface area contributed by atoms with Crippen LogP contribution in [-0.2, 0) is 9.53 Å². The van der Waals surface area contributed by atoms with Crippen molar-refractivity contribution in [3.63, 3.8) is 0 Å². The van der Waals surface area contributed by atoms with E-state index in [1.165, 1.54) is 6.07 Å². The molecule has 1 aliphatic rings. The van der Waals surface area contributed by atoms with Crippen LogP contribution in [0.25, 0.3) is 6.08 Å². The predicted octanol–water partition coefficient (Wildman–Crippen LogP) is 2.69. The van der Waals surface area contributed by atoms with Crippen molar-refractivity contribution < 1.29 is 14.5 Å². The topological polar surface area (TPSA) is 69.4 Å². The van der Waals surface area contributed by atoms with Crippen LogP contribution < -0.4 is 0 Å². The molecule has 2 rings (SSSR count). The zero-order valence-corrected chi connectivity index (χ0v) is 10.3. The van der Waals surface area contributed by atoms with Gasteiger partial charge in [-0.05, 0) is 33.6 Å². The van der Waals surface area contributed by atoms with Crippen LogP contribution >= 0.6 is 15.9 Å². The Balaban J connectivity index is 2.37. The first-order chi connectivity index (χ1) is 8.08. The number of nitrogens with zero attached hydrogens (tertiary/aromatic N) is 1. The minimum absolute atomic E-state index is 0.0225. The van der Waals surface area contributed by atoms with Gasteiger partial charge in [0.2, 0.25) is 0 Å². The van der Waals surface area contributed by atoms with E-state index in [-0.39, 0.29) is 11.7 Å². The minimum Gasteiger partial charge on any atom is -0.462 e. The molecule has 1 aromatic rings. The van der Waals surface area contributed by atoms with Gasteiger partial charge in [0, 0.05) is 18.1 Å². The van der Waals surface area contributed by atoms with Crippen molar-refractivity contribution in [2.45, 2.75) is 6.42 Å². The molecule has 0 atom stereocenters. The number of esters is 1. The lowest BCUT2D eigenvalue weighted by Crippen LogP contribution is -1.95. The van der Waals surface area contributed by atoms with Crippen LogP contribution in [0.15, 0.2) is 28.2 Å². The Bertz CT molecular complexity index is 524. The molecule has 0 unspecified atom stereocenters. The Labute approximate surface area is 105 Å². The van der Waals surface area contributed by atoms with E-state index in [1.54, 1.807) is 18.2 Å². The summed E-state index contributed by atoms with van der Waals surface area (Å²) in [6.07, 6.45) is 2.16. The molecule has 0 N–H and O–H groups in total. The van der Waals surface area contributed by atoms with E-state index in [2.05, 4.69) is 15.9 Å². The fourth-order valence-electron chi connectivity index (χ4n) is 1.54. The summed E-state index contributed by atoms with van der Waals surface area (Å²) in [5.74, 6) is -0.351.